The number of aryl methyl sites for hydroxylation is 2. The number of thiophene rings is 1. The summed E-state index contributed by atoms with van der Waals surface area (Å²) in [6.45, 7) is 6.97. The minimum Gasteiger partial charge on any atom is -0.337 e. The molecule has 2 amide bonds. The van der Waals surface area contributed by atoms with Gasteiger partial charge < -0.3 is 10.2 Å². The zero-order valence-corrected chi connectivity index (χ0v) is 24.5. The number of rotatable bonds is 5. The number of amides is 2. The standard InChI is InChI=1S/C28H33N5O5S2/c1-18-16-19(2)33(30-18)28(36)25-23-12-15-31(20(3)34)17-24(23)39-27(25)29-26(35)21-8-10-22(11-9-21)40(37,38)32-13-6-4-5-7-14-32/h8-11,16H,4-7,12-15,17H2,1-3H3,(H,29,35). The second-order valence-corrected chi connectivity index (χ2v) is 13.4. The summed E-state index contributed by atoms with van der Waals surface area (Å²) in [4.78, 5) is 41.8. The van der Waals surface area contributed by atoms with Crippen molar-refractivity contribution in [2.75, 3.05) is 25.0 Å². The number of carbonyl (C=O) groups excluding carboxylic acids is 3. The largest absolute Gasteiger partial charge is 0.337 e. The molecule has 0 spiro atoms. The number of hydrogen-bond donors (Lipinski definition) is 1. The van der Waals surface area contributed by atoms with Crippen LogP contribution in [0.3, 0.4) is 0 Å². The maximum Gasteiger partial charge on any atom is 0.281 e. The van der Waals surface area contributed by atoms with Crippen molar-refractivity contribution in [3.63, 3.8) is 0 Å². The fourth-order valence-corrected chi connectivity index (χ4v) is 8.08. The van der Waals surface area contributed by atoms with Gasteiger partial charge in [0.15, 0.2) is 0 Å². The van der Waals surface area contributed by atoms with Gasteiger partial charge in [0.25, 0.3) is 11.8 Å². The van der Waals surface area contributed by atoms with Gasteiger partial charge in [0.2, 0.25) is 15.9 Å². The quantitative estimate of drug-likeness (QED) is 0.485. The van der Waals surface area contributed by atoms with Gasteiger partial charge in [-0.05, 0) is 69.0 Å². The van der Waals surface area contributed by atoms with Gasteiger partial charge >= 0.3 is 0 Å². The van der Waals surface area contributed by atoms with E-state index < -0.39 is 15.9 Å². The number of aromatic nitrogens is 2. The fourth-order valence-electron chi connectivity index (χ4n) is 5.31. The lowest BCUT2D eigenvalue weighted by Gasteiger charge is -2.26. The third-order valence-electron chi connectivity index (χ3n) is 7.46. The molecule has 0 saturated carbocycles. The number of nitrogens with one attached hydrogen (secondary N) is 1. The van der Waals surface area contributed by atoms with E-state index in [9.17, 15) is 22.8 Å². The molecule has 0 aliphatic carbocycles. The maximum atomic E-state index is 13.7. The lowest BCUT2D eigenvalue weighted by Crippen LogP contribution is -2.34. The maximum absolute atomic E-state index is 13.7. The minimum atomic E-state index is -3.63. The Morgan fingerprint density at radius 3 is 2.25 bits per heavy atom. The lowest BCUT2D eigenvalue weighted by molar-refractivity contribution is -0.129. The highest BCUT2D eigenvalue weighted by Crippen LogP contribution is 2.38. The molecular weight excluding hydrogens is 550 g/mol. The third-order valence-corrected chi connectivity index (χ3v) is 10.5. The predicted molar refractivity (Wildman–Crippen MR) is 152 cm³/mol. The number of carbonyl (C=O) groups is 3. The van der Waals surface area contributed by atoms with E-state index >= 15 is 0 Å². The molecule has 2 aliphatic rings. The number of fused-ring (bicyclic) bond motifs is 1. The molecule has 12 heteroatoms. The highest BCUT2D eigenvalue weighted by atomic mass is 32.2. The van der Waals surface area contributed by atoms with Crippen LogP contribution in [0.1, 0.15) is 75.2 Å². The van der Waals surface area contributed by atoms with Crippen molar-refractivity contribution >= 4 is 44.1 Å². The topological polar surface area (TPSA) is 122 Å². The first-order valence-electron chi connectivity index (χ1n) is 13.5. The van der Waals surface area contributed by atoms with E-state index in [0.717, 1.165) is 36.1 Å². The van der Waals surface area contributed by atoms with Crippen LogP contribution >= 0.6 is 11.3 Å². The monoisotopic (exact) mass is 583 g/mol. The average Bonchev–Trinajstić information content (AvgIpc) is 3.30. The SMILES string of the molecule is CC(=O)N1CCc2c(sc(NC(=O)c3ccc(S(=O)(=O)N4CCCCCC4)cc3)c2C(=O)n2nc(C)cc2C)C1. The molecule has 4 heterocycles. The van der Waals surface area contributed by atoms with Crippen molar-refractivity contribution in [1.82, 2.24) is 19.0 Å². The van der Waals surface area contributed by atoms with Crippen LogP contribution in [-0.4, -0.2) is 64.8 Å². The van der Waals surface area contributed by atoms with Crippen molar-refractivity contribution in [3.05, 3.63) is 63.3 Å². The summed E-state index contributed by atoms with van der Waals surface area (Å²) in [6.07, 6.45) is 4.22. The molecule has 0 bridgehead atoms. The van der Waals surface area contributed by atoms with Gasteiger partial charge in [-0.25, -0.2) is 13.1 Å². The molecule has 3 aromatic rings. The van der Waals surface area contributed by atoms with E-state index in [2.05, 4.69) is 10.4 Å². The highest BCUT2D eigenvalue weighted by molar-refractivity contribution is 7.89. The summed E-state index contributed by atoms with van der Waals surface area (Å²) >= 11 is 1.28. The number of hydrogen-bond acceptors (Lipinski definition) is 7. The van der Waals surface area contributed by atoms with Crippen LogP contribution in [0.4, 0.5) is 5.00 Å². The summed E-state index contributed by atoms with van der Waals surface area (Å²) < 4.78 is 29.1. The zero-order valence-electron chi connectivity index (χ0n) is 22.9. The van der Waals surface area contributed by atoms with Gasteiger partial charge in [0.1, 0.15) is 5.00 Å². The fraction of sp³-hybridized carbons (Fsp3) is 0.429. The van der Waals surface area contributed by atoms with Crippen LogP contribution in [0.25, 0.3) is 0 Å². The Bertz CT molecular complexity index is 1560. The number of anilines is 1. The average molecular weight is 584 g/mol. The smallest absolute Gasteiger partial charge is 0.281 e. The molecule has 1 N–H and O–H groups in total. The van der Waals surface area contributed by atoms with E-state index in [1.165, 1.54) is 51.5 Å². The van der Waals surface area contributed by atoms with Crippen molar-refractivity contribution in [2.24, 2.45) is 0 Å². The van der Waals surface area contributed by atoms with Gasteiger partial charge in [-0.2, -0.15) is 9.40 Å². The van der Waals surface area contributed by atoms with Crippen molar-refractivity contribution in [2.45, 2.75) is 64.3 Å². The van der Waals surface area contributed by atoms with E-state index in [1.807, 2.05) is 13.0 Å². The van der Waals surface area contributed by atoms with E-state index in [0.29, 0.717) is 54.6 Å². The van der Waals surface area contributed by atoms with E-state index in [-0.39, 0.29) is 22.3 Å². The summed E-state index contributed by atoms with van der Waals surface area (Å²) in [5.41, 5.74) is 2.86. The molecule has 1 aromatic carbocycles. The number of sulfonamides is 1. The number of benzene rings is 1. The number of nitrogens with zero attached hydrogens (tertiary/aromatic N) is 4. The Balaban J connectivity index is 1.43. The molecule has 212 valence electrons. The Kier molecular flexibility index (Phi) is 7.94. The molecule has 0 radical (unpaired) electrons. The Morgan fingerprint density at radius 1 is 0.975 bits per heavy atom. The van der Waals surface area contributed by atoms with Crippen LogP contribution in [0.2, 0.25) is 0 Å². The molecule has 1 fully saturated rings. The molecule has 5 rings (SSSR count). The van der Waals surface area contributed by atoms with Crippen LogP contribution in [0.5, 0.6) is 0 Å². The molecule has 0 unspecified atom stereocenters. The Labute approximate surface area is 238 Å². The van der Waals surface area contributed by atoms with Gasteiger partial charge in [-0.3, -0.25) is 14.4 Å². The van der Waals surface area contributed by atoms with Gasteiger partial charge in [-0.1, -0.05) is 12.8 Å². The summed E-state index contributed by atoms with van der Waals surface area (Å²) in [6, 6.07) is 7.72. The molecule has 40 heavy (non-hydrogen) atoms. The van der Waals surface area contributed by atoms with Crippen molar-refractivity contribution < 1.29 is 22.8 Å². The molecule has 0 atom stereocenters. The Morgan fingerprint density at radius 2 is 1.65 bits per heavy atom. The first kappa shape index (κ1) is 28.2. The molecule has 2 aliphatic heterocycles. The second kappa shape index (κ2) is 11.3. The summed E-state index contributed by atoms with van der Waals surface area (Å²) in [5, 5.41) is 7.62. The summed E-state index contributed by atoms with van der Waals surface area (Å²) in [7, 11) is -3.63. The van der Waals surface area contributed by atoms with Gasteiger partial charge in [0, 0.05) is 42.7 Å². The lowest BCUT2D eigenvalue weighted by atomic mass is 10.0. The Hall–Kier alpha value is -3.35. The molecule has 1 saturated heterocycles. The first-order chi connectivity index (χ1) is 19.1. The van der Waals surface area contributed by atoms with Gasteiger partial charge in [-0.15, -0.1) is 11.3 Å². The van der Waals surface area contributed by atoms with E-state index in [4.69, 9.17) is 0 Å². The predicted octanol–water partition coefficient (Wildman–Crippen LogP) is 3.97. The zero-order chi connectivity index (χ0) is 28.6. The highest BCUT2D eigenvalue weighted by Gasteiger charge is 2.31. The molecular formula is C28H33N5O5S2. The molecule has 10 nitrogen and oxygen atoms in total. The van der Waals surface area contributed by atoms with E-state index in [1.54, 1.807) is 11.8 Å². The van der Waals surface area contributed by atoms with Crippen LogP contribution < -0.4 is 5.32 Å². The van der Waals surface area contributed by atoms with Crippen molar-refractivity contribution in [3.8, 4) is 0 Å². The minimum absolute atomic E-state index is 0.0497. The molecule has 2 aromatic heterocycles. The van der Waals surface area contributed by atoms with Crippen LogP contribution in [-0.2, 0) is 27.8 Å². The normalized spacial score (nSPS) is 16.3. The van der Waals surface area contributed by atoms with Crippen LogP contribution in [0.15, 0.2) is 35.2 Å². The van der Waals surface area contributed by atoms with Crippen molar-refractivity contribution in [1.29, 1.82) is 0 Å². The summed E-state index contributed by atoms with van der Waals surface area (Å²) in [5.74, 6) is -0.844. The first-order valence-corrected chi connectivity index (χ1v) is 15.7. The van der Waals surface area contributed by atoms with Gasteiger partial charge in [0.05, 0.1) is 22.7 Å². The third kappa shape index (κ3) is 5.48. The van der Waals surface area contributed by atoms with Crippen LogP contribution in [0, 0.1) is 13.8 Å². The second-order valence-electron chi connectivity index (χ2n) is 10.3.